The average molecular weight is 572 g/mol. The van der Waals surface area contributed by atoms with Crippen molar-refractivity contribution in [2.24, 2.45) is 0 Å². The second-order valence-corrected chi connectivity index (χ2v) is 10.1. The van der Waals surface area contributed by atoms with Gasteiger partial charge in [0.05, 0.1) is 24.1 Å². The fourth-order valence-electron chi connectivity index (χ4n) is 3.51. The van der Waals surface area contributed by atoms with E-state index in [2.05, 4.69) is 16.0 Å². The molecular formula is C30H25N3O5S2. The molecule has 40 heavy (non-hydrogen) atoms. The van der Waals surface area contributed by atoms with Crippen molar-refractivity contribution in [2.45, 2.75) is 4.90 Å². The lowest BCUT2D eigenvalue weighted by Gasteiger charge is -2.12. The molecule has 0 fully saturated rings. The van der Waals surface area contributed by atoms with Gasteiger partial charge in [-0.25, -0.2) is 4.79 Å². The maximum absolute atomic E-state index is 13.1. The second kappa shape index (κ2) is 13.9. The number of esters is 1. The Balaban J connectivity index is 1.36. The molecule has 0 saturated heterocycles. The van der Waals surface area contributed by atoms with E-state index >= 15 is 0 Å². The third-order valence-electron chi connectivity index (χ3n) is 5.47. The van der Waals surface area contributed by atoms with E-state index < -0.39 is 17.8 Å². The summed E-state index contributed by atoms with van der Waals surface area (Å²) in [6.07, 6.45) is 1.62. The van der Waals surface area contributed by atoms with Crippen molar-refractivity contribution in [3.63, 3.8) is 0 Å². The fraction of sp³-hybridized carbons (Fsp3) is 0.0667. The molecule has 10 heteroatoms. The SMILES string of the molecule is COC(=O)c1ccccc1NC(=O)CSc1ccc(NC(=O)/C(=C/c2ccsc2)NC(=O)c2ccccc2)cc1. The van der Waals surface area contributed by atoms with Crippen molar-refractivity contribution >= 4 is 64.2 Å². The number of benzene rings is 3. The lowest BCUT2D eigenvalue weighted by Crippen LogP contribution is -2.30. The van der Waals surface area contributed by atoms with Crippen LogP contribution >= 0.6 is 23.1 Å². The summed E-state index contributed by atoms with van der Waals surface area (Å²) in [5, 5.41) is 12.0. The summed E-state index contributed by atoms with van der Waals surface area (Å²) in [7, 11) is 1.28. The molecule has 0 aliphatic rings. The first-order chi connectivity index (χ1) is 19.4. The number of carbonyl (C=O) groups excluding carboxylic acids is 4. The highest BCUT2D eigenvalue weighted by molar-refractivity contribution is 8.00. The van der Waals surface area contributed by atoms with Crippen LogP contribution < -0.4 is 16.0 Å². The number of ether oxygens (including phenoxy) is 1. The maximum atomic E-state index is 13.1. The molecule has 0 radical (unpaired) electrons. The Hall–Kier alpha value is -4.67. The molecule has 0 atom stereocenters. The molecule has 3 amide bonds. The highest BCUT2D eigenvalue weighted by atomic mass is 32.2. The number of hydrogen-bond donors (Lipinski definition) is 3. The minimum atomic E-state index is -0.533. The van der Waals surface area contributed by atoms with Crippen LogP contribution in [0.15, 0.2) is 106 Å². The van der Waals surface area contributed by atoms with Crippen LogP contribution in [0, 0.1) is 0 Å². The number of thioether (sulfide) groups is 1. The predicted octanol–water partition coefficient (Wildman–Crippen LogP) is 5.68. The monoisotopic (exact) mass is 571 g/mol. The predicted molar refractivity (Wildman–Crippen MR) is 158 cm³/mol. The largest absolute Gasteiger partial charge is 0.465 e. The van der Waals surface area contributed by atoms with E-state index in [1.165, 1.54) is 30.2 Å². The zero-order chi connectivity index (χ0) is 28.3. The van der Waals surface area contributed by atoms with Crippen molar-refractivity contribution in [3.8, 4) is 0 Å². The van der Waals surface area contributed by atoms with Crippen molar-refractivity contribution in [1.29, 1.82) is 0 Å². The van der Waals surface area contributed by atoms with E-state index in [0.717, 1.165) is 10.5 Å². The van der Waals surface area contributed by atoms with Gasteiger partial charge in [-0.15, -0.1) is 11.8 Å². The van der Waals surface area contributed by atoms with E-state index in [0.29, 0.717) is 16.9 Å². The van der Waals surface area contributed by atoms with E-state index in [4.69, 9.17) is 4.74 Å². The lowest BCUT2D eigenvalue weighted by molar-refractivity contribution is -0.114. The van der Waals surface area contributed by atoms with Gasteiger partial charge in [0, 0.05) is 16.1 Å². The number of nitrogens with one attached hydrogen (secondary N) is 3. The van der Waals surface area contributed by atoms with E-state index in [1.54, 1.807) is 78.9 Å². The molecular weight excluding hydrogens is 546 g/mol. The molecule has 0 aliphatic heterocycles. The van der Waals surface area contributed by atoms with Gasteiger partial charge in [-0.2, -0.15) is 11.3 Å². The van der Waals surface area contributed by atoms with E-state index in [-0.39, 0.29) is 22.9 Å². The van der Waals surface area contributed by atoms with E-state index in [1.807, 2.05) is 22.9 Å². The standard InChI is InChI=1S/C30H25N3O5S2/c1-38-30(37)24-9-5-6-10-25(24)32-27(34)19-40-23-13-11-22(12-14-23)31-29(36)26(17-20-15-16-39-18-20)33-28(35)21-7-3-2-4-8-21/h2-18H,19H2,1H3,(H,31,36)(H,32,34)(H,33,35)/b26-17-. The van der Waals surface area contributed by atoms with Gasteiger partial charge in [0.25, 0.3) is 11.8 Å². The molecule has 3 aromatic carbocycles. The summed E-state index contributed by atoms with van der Waals surface area (Å²) < 4.78 is 4.76. The van der Waals surface area contributed by atoms with Gasteiger partial charge in [0.15, 0.2) is 0 Å². The van der Waals surface area contributed by atoms with Crippen molar-refractivity contribution in [2.75, 3.05) is 23.5 Å². The first-order valence-corrected chi connectivity index (χ1v) is 14.0. The smallest absolute Gasteiger partial charge is 0.339 e. The first-order valence-electron chi connectivity index (χ1n) is 12.0. The third-order valence-corrected chi connectivity index (χ3v) is 7.19. The molecule has 4 aromatic rings. The Kier molecular flexibility index (Phi) is 9.87. The highest BCUT2D eigenvalue weighted by Crippen LogP contribution is 2.22. The summed E-state index contributed by atoms with van der Waals surface area (Å²) in [5.74, 6) is -1.57. The molecule has 0 aliphatic carbocycles. The molecule has 4 rings (SSSR count). The van der Waals surface area contributed by atoms with Crippen LogP contribution in [0.1, 0.15) is 26.3 Å². The molecule has 202 valence electrons. The zero-order valence-electron chi connectivity index (χ0n) is 21.4. The van der Waals surface area contributed by atoms with Crippen LogP contribution in [0.3, 0.4) is 0 Å². The number of thiophene rings is 1. The van der Waals surface area contributed by atoms with Gasteiger partial charge in [-0.3, -0.25) is 14.4 Å². The van der Waals surface area contributed by atoms with Crippen LogP contribution in [0.2, 0.25) is 0 Å². The minimum Gasteiger partial charge on any atom is -0.465 e. The normalized spacial score (nSPS) is 10.9. The summed E-state index contributed by atoms with van der Waals surface area (Å²) in [6, 6.07) is 24.1. The summed E-state index contributed by atoms with van der Waals surface area (Å²) in [5.41, 5.74) is 2.51. The fourth-order valence-corrected chi connectivity index (χ4v) is 4.83. The molecule has 8 nitrogen and oxygen atoms in total. The summed E-state index contributed by atoms with van der Waals surface area (Å²) in [6.45, 7) is 0. The Morgan fingerprint density at radius 1 is 0.875 bits per heavy atom. The minimum absolute atomic E-state index is 0.106. The van der Waals surface area contributed by atoms with Gasteiger partial charge < -0.3 is 20.7 Å². The van der Waals surface area contributed by atoms with Gasteiger partial charge >= 0.3 is 5.97 Å². The molecule has 0 bridgehead atoms. The van der Waals surface area contributed by atoms with Gasteiger partial charge in [0.1, 0.15) is 5.70 Å². The molecule has 3 N–H and O–H groups in total. The Morgan fingerprint density at radius 2 is 1.60 bits per heavy atom. The lowest BCUT2D eigenvalue weighted by atomic mass is 10.2. The number of carbonyl (C=O) groups is 4. The first kappa shape index (κ1) is 28.3. The van der Waals surface area contributed by atoms with Gasteiger partial charge in [-0.05, 0) is 77.0 Å². The number of hydrogen-bond acceptors (Lipinski definition) is 7. The zero-order valence-corrected chi connectivity index (χ0v) is 23.0. The van der Waals surface area contributed by atoms with Crippen molar-refractivity contribution in [3.05, 3.63) is 118 Å². The Bertz CT molecular complexity index is 1520. The number of rotatable bonds is 10. The van der Waals surface area contributed by atoms with Crippen LogP contribution in [-0.4, -0.2) is 36.6 Å². The molecule has 0 saturated carbocycles. The summed E-state index contributed by atoms with van der Waals surface area (Å²) >= 11 is 2.79. The van der Waals surface area contributed by atoms with Crippen molar-refractivity contribution < 1.29 is 23.9 Å². The molecule has 1 heterocycles. The van der Waals surface area contributed by atoms with Crippen LogP contribution in [0.5, 0.6) is 0 Å². The Morgan fingerprint density at radius 3 is 2.30 bits per heavy atom. The van der Waals surface area contributed by atoms with E-state index in [9.17, 15) is 19.2 Å². The molecule has 1 aromatic heterocycles. The Labute approximate surface area is 239 Å². The quantitative estimate of drug-likeness (QED) is 0.128. The summed E-state index contributed by atoms with van der Waals surface area (Å²) in [4.78, 5) is 51.0. The van der Waals surface area contributed by atoms with Crippen molar-refractivity contribution in [1.82, 2.24) is 5.32 Å². The number of methoxy groups -OCH3 is 1. The van der Waals surface area contributed by atoms with Crippen LogP contribution in [0.25, 0.3) is 6.08 Å². The highest BCUT2D eigenvalue weighted by Gasteiger charge is 2.16. The molecule has 0 spiro atoms. The van der Waals surface area contributed by atoms with Crippen LogP contribution in [-0.2, 0) is 14.3 Å². The second-order valence-electron chi connectivity index (χ2n) is 8.29. The number of para-hydroxylation sites is 1. The average Bonchev–Trinajstić information content (AvgIpc) is 3.50. The van der Waals surface area contributed by atoms with Crippen LogP contribution in [0.4, 0.5) is 11.4 Å². The third kappa shape index (κ3) is 7.92. The molecule has 0 unspecified atom stereocenters. The van der Waals surface area contributed by atoms with Gasteiger partial charge in [0.2, 0.25) is 5.91 Å². The maximum Gasteiger partial charge on any atom is 0.339 e. The number of anilines is 2. The number of amides is 3. The van der Waals surface area contributed by atoms with Gasteiger partial charge in [-0.1, -0.05) is 30.3 Å². The topological polar surface area (TPSA) is 114 Å².